The van der Waals surface area contributed by atoms with Gasteiger partial charge < -0.3 is 50.5 Å². The van der Waals surface area contributed by atoms with Crippen LogP contribution in [0, 0.1) is 0 Å². The molecule has 9 unspecified atom stereocenters. The molecule has 1 heterocycles. The van der Waals surface area contributed by atoms with Crippen LogP contribution >= 0.6 is 0 Å². The second-order valence-corrected chi connectivity index (χ2v) is 18.2. The fourth-order valence-electron chi connectivity index (χ4n) is 8.35. The molecule has 1 saturated heterocycles. The van der Waals surface area contributed by atoms with Crippen molar-refractivity contribution in [3.05, 3.63) is 24.3 Å². The van der Waals surface area contributed by atoms with Crippen LogP contribution in [0.15, 0.2) is 24.3 Å². The number of amides is 1. The largest absolute Gasteiger partial charge is 0.394 e. The Morgan fingerprint density at radius 2 is 1.02 bits per heavy atom. The molecule has 8 N–H and O–H groups in total. The van der Waals surface area contributed by atoms with Crippen molar-refractivity contribution in [1.82, 2.24) is 5.32 Å². The van der Waals surface area contributed by atoms with Crippen molar-refractivity contribution in [2.75, 3.05) is 13.2 Å². The summed E-state index contributed by atoms with van der Waals surface area (Å²) in [5.41, 5.74) is 0. The lowest BCUT2D eigenvalue weighted by molar-refractivity contribution is -0.303. The van der Waals surface area contributed by atoms with Gasteiger partial charge in [-0.25, -0.2) is 0 Å². The minimum atomic E-state index is -1.67. The van der Waals surface area contributed by atoms with Crippen LogP contribution in [-0.4, -0.2) is 110 Å². The van der Waals surface area contributed by atoms with Crippen LogP contribution in [0.1, 0.15) is 226 Å². The highest BCUT2D eigenvalue weighted by Crippen LogP contribution is 2.23. The maximum atomic E-state index is 13.1. The third-order valence-electron chi connectivity index (χ3n) is 12.6. The number of nitrogens with one attached hydrogen (secondary N) is 1. The van der Waals surface area contributed by atoms with Crippen molar-refractivity contribution in [2.24, 2.45) is 0 Å². The summed E-state index contributed by atoms with van der Waals surface area (Å²) in [5, 5.41) is 75.4. The van der Waals surface area contributed by atoms with E-state index in [9.17, 15) is 40.5 Å². The fraction of sp³-hybridized carbons (Fsp3) is 0.902. The van der Waals surface area contributed by atoms with Crippen molar-refractivity contribution in [3.8, 4) is 0 Å². The molecule has 62 heavy (non-hydrogen) atoms. The van der Waals surface area contributed by atoms with Gasteiger partial charge >= 0.3 is 0 Å². The highest BCUT2D eigenvalue weighted by atomic mass is 16.7. The van der Waals surface area contributed by atoms with E-state index < -0.39 is 74.2 Å². The zero-order chi connectivity index (χ0) is 45.5. The molecule has 1 rings (SSSR count). The Hall–Kier alpha value is -1.41. The highest BCUT2D eigenvalue weighted by molar-refractivity contribution is 5.80. The third-order valence-corrected chi connectivity index (χ3v) is 12.6. The molecule has 1 aliphatic rings. The molecule has 0 aromatic rings. The Bertz CT molecular complexity index is 1060. The molecule has 0 bridgehead atoms. The maximum Gasteiger partial charge on any atom is 0.249 e. The molecule has 0 saturated carbocycles. The lowest BCUT2D eigenvalue weighted by atomic mass is 9.98. The molecule has 1 aliphatic heterocycles. The molecular formula is C51H97NO10. The maximum absolute atomic E-state index is 13.1. The third kappa shape index (κ3) is 29.9. The molecule has 1 fully saturated rings. The molecular weight excluding hydrogens is 787 g/mol. The number of hydrogen-bond acceptors (Lipinski definition) is 10. The predicted octanol–water partition coefficient (Wildman–Crippen LogP) is 9.40. The molecule has 0 aliphatic carbocycles. The first kappa shape index (κ1) is 58.6. The summed E-state index contributed by atoms with van der Waals surface area (Å²) in [6.45, 7) is 3.19. The molecule has 11 heteroatoms. The van der Waals surface area contributed by atoms with Crippen molar-refractivity contribution >= 4 is 5.91 Å². The molecule has 9 atom stereocenters. The van der Waals surface area contributed by atoms with Crippen molar-refractivity contribution in [1.29, 1.82) is 0 Å². The average molecular weight is 884 g/mol. The molecule has 0 aromatic carbocycles. The Labute approximate surface area is 378 Å². The van der Waals surface area contributed by atoms with Crippen LogP contribution < -0.4 is 5.32 Å². The average Bonchev–Trinajstić information content (AvgIpc) is 3.27. The summed E-state index contributed by atoms with van der Waals surface area (Å²) in [5.74, 6) is -0.711. The topological polar surface area (TPSA) is 189 Å². The summed E-state index contributed by atoms with van der Waals surface area (Å²) < 4.78 is 11.0. The van der Waals surface area contributed by atoms with E-state index in [0.717, 1.165) is 32.1 Å². The second kappa shape index (κ2) is 41.1. The molecule has 0 spiro atoms. The molecule has 366 valence electrons. The van der Waals surface area contributed by atoms with E-state index in [4.69, 9.17) is 9.47 Å². The SMILES string of the molecule is C/C=C/CC/C=C/CCCC(O)C(O)C(COC1OC(CO)C(O)C(O)C1O)NC(=O)C(O)CCCCCCCCCCCCCCCCCCCCCCCCCCCCC. The van der Waals surface area contributed by atoms with E-state index >= 15 is 0 Å². The minimum Gasteiger partial charge on any atom is -0.394 e. The highest BCUT2D eigenvalue weighted by Gasteiger charge is 2.44. The van der Waals surface area contributed by atoms with Crippen LogP contribution in [0.2, 0.25) is 0 Å². The van der Waals surface area contributed by atoms with E-state index in [2.05, 4.69) is 24.4 Å². The summed E-state index contributed by atoms with van der Waals surface area (Å²) in [7, 11) is 0. The van der Waals surface area contributed by atoms with Crippen LogP contribution in [-0.2, 0) is 14.3 Å². The number of aliphatic hydroxyl groups excluding tert-OH is 7. The number of unbranched alkanes of at least 4 members (excludes halogenated alkanes) is 28. The van der Waals surface area contributed by atoms with Gasteiger partial charge in [-0.1, -0.05) is 205 Å². The van der Waals surface area contributed by atoms with Gasteiger partial charge in [0.15, 0.2) is 6.29 Å². The van der Waals surface area contributed by atoms with Crippen LogP contribution in [0.5, 0.6) is 0 Å². The van der Waals surface area contributed by atoms with Gasteiger partial charge in [0.05, 0.1) is 25.4 Å². The fourth-order valence-corrected chi connectivity index (χ4v) is 8.35. The second-order valence-electron chi connectivity index (χ2n) is 18.2. The quantitative estimate of drug-likeness (QED) is 0.0216. The Balaban J connectivity index is 2.21. The van der Waals surface area contributed by atoms with Gasteiger partial charge in [0.1, 0.15) is 36.6 Å². The first-order valence-electron chi connectivity index (χ1n) is 25.7. The Morgan fingerprint density at radius 3 is 1.47 bits per heavy atom. The van der Waals surface area contributed by atoms with E-state index in [1.807, 2.05) is 19.1 Å². The van der Waals surface area contributed by atoms with E-state index in [-0.39, 0.29) is 12.8 Å². The van der Waals surface area contributed by atoms with Gasteiger partial charge in [0.25, 0.3) is 0 Å². The van der Waals surface area contributed by atoms with Gasteiger partial charge in [-0.15, -0.1) is 0 Å². The zero-order valence-electron chi connectivity index (χ0n) is 39.6. The van der Waals surface area contributed by atoms with Gasteiger partial charge in [-0.3, -0.25) is 4.79 Å². The first-order chi connectivity index (χ1) is 30.2. The molecule has 0 aromatic heterocycles. The number of rotatable bonds is 43. The van der Waals surface area contributed by atoms with Crippen molar-refractivity contribution in [2.45, 2.75) is 281 Å². The van der Waals surface area contributed by atoms with Crippen molar-refractivity contribution < 1.29 is 50.0 Å². The Kier molecular flexibility index (Phi) is 38.8. The van der Waals surface area contributed by atoms with Gasteiger partial charge in [-0.2, -0.15) is 0 Å². The van der Waals surface area contributed by atoms with Gasteiger partial charge in [0.2, 0.25) is 5.91 Å². The van der Waals surface area contributed by atoms with E-state index in [0.29, 0.717) is 19.3 Å². The molecule has 0 radical (unpaired) electrons. The number of hydrogen-bond donors (Lipinski definition) is 8. The normalized spacial score (nSPS) is 21.5. The van der Waals surface area contributed by atoms with Gasteiger partial charge in [-0.05, 0) is 45.4 Å². The van der Waals surface area contributed by atoms with Crippen LogP contribution in [0.25, 0.3) is 0 Å². The number of allylic oxidation sites excluding steroid dienone is 4. The number of carbonyl (C=O) groups is 1. The number of carbonyl (C=O) groups excluding carboxylic acids is 1. The predicted molar refractivity (Wildman–Crippen MR) is 252 cm³/mol. The van der Waals surface area contributed by atoms with Gasteiger partial charge in [0, 0.05) is 0 Å². The number of aliphatic hydroxyl groups is 7. The Morgan fingerprint density at radius 1 is 0.581 bits per heavy atom. The monoisotopic (exact) mass is 884 g/mol. The lowest BCUT2D eigenvalue weighted by Crippen LogP contribution is -2.60. The van der Waals surface area contributed by atoms with Crippen LogP contribution in [0.3, 0.4) is 0 Å². The summed E-state index contributed by atoms with van der Waals surface area (Å²) in [4.78, 5) is 13.1. The van der Waals surface area contributed by atoms with Crippen molar-refractivity contribution in [3.63, 3.8) is 0 Å². The van der Waals surface area contributed by atoms with Crippen LogP contribution in [0.4, 0.5) is 0 Å². The summed E-state index contributed by atoms with van der Waals surface area (Å²) in [6, 6.07) is -1.19. The smallest absolute Gasteiger partial charge is 0.249 e. The molecule has 1 amide bonds. The lowest BCUT2D eigenvalue weighted by Gasteiger charge is -2.40. The molecule has 11 nitrogen and oxygen atoms in total. The first-order valence-corrected chi connectivity index (χ1v) is 25.7. The standard InChI is InChI=1S/C51H97NO10/c1-3-5-7-9-11-13-14-15-16-17-18-19-20-21-22-23-24-25-26-27-28-29-30-31-33-35-37-39-44(55)50(60)52-42(41-61-51-49(59)48(58)47(57)45(40-53)62-51)46(56)43(54)38-36-34-32-12-10-8-6-4-2/h4,6,12,32,42-49,51,53-59H,3,5,7-11,13-31,33-41H2,1-2H3,(H,52,60)/b6-4+,32-12+. The zero-order valence-corrected chi connectivity index (χ0v) is 39.6. The number of ether oxygens (including phenoxy) is 2. The van der Waals surface area contributed by atoms with E-state index in [1.54, 1.807) is 0 Å². The van der Waals surface area contributed by atoms with E-state index in [1.165, 1.54) is 148 Å². The summed E-state index contributed by atoms with van der Waals surface area (Å²) in [6.07, 6.45) is 35.8. The summed E-state index contributed by atoms with van der Waals surface area (Å²) >= 11 is 0. The minimum absolute atomic E-state index is 0.245.